The second-order valence-electron chi connectivity index (χ2n) is 7.13. The summed E-state index contributed by atoms with van der Waals surface area (Å²) in [6.07, 6.45) is 4.64. The van der Waals surface area contributed by atoms with Crippen molar-refractivity contribution in [2.75, 3.05) is 25.5 Å². The lowest BCUT2D eigenvalue weighted by atomic mass is 10.1. The third-order valence-corrected chi connectivity index (χ3v) is 5.42. The highest BCUT2D eigenvalue weighted by molar-refractivity contribution is 9.10. The molecule has 4 rings (SSSR count). The Morgan fingerprint density at radius 1 is 1.14 bits per heavy atom. The molecule has 0 atom stereocenters. The van der Waals surface area contributed by atoms with Crippen molar-refractivity contribution in [3.63, 3.8) is 0 Å². The Morgan fingerprint density at radius 2 is 2.04 bits per heavy atom. The molecular weight excluding hydrogens is 420 g/mol. The Kier molecular flexibility index (Phi) is 5.64. The summed E-state index contributed by atoms with van der Waals surface area (Å²) in [5, 5.41) is 14.6. The predicted octanol–water partition coefficient (Wildman–Crippen LogP) is 4.84. The van der Waals surface area contributed by atoms with Crippen LogP contribution in [-0.4, -0.2) is 40.2 Å². The first-order valence-corrected chi connectivity index (χ1v) is 10.2. The number of nitrogens with zero attached hydrogens (tertiary/aromatic N) is 3. The fourth-order valence-electron chi connectivity index (χ4n) is 3.43. The van der Waals surface area contributed by atoms with E-state index in [4.69, 9.17) is 4.74 Å². The summed E-state index contributed by atoms with van der Waals surface area (Å²) in [7, 11) is 2.14. The minimum absolute atomic E-state index is 0.101. The first-order valence-electron chi connectivity index (χ1n) is 9.44. The van der Waals surface area contributed by atoms with Crippen molar-refractivity contribution in [2.45, 2.75) is 25.8 Å². The Bertz CT molecular complexity index is 996. The highest BCUT2D eigenvalue weighted by Gasteiger charge is 2.14. The number of fused-ring (bicyclic) bond motifs is 2. The highest BCUT2D eigenvalue weighted by atomic mass is 79.9. The van der Waals surface area contributed by atoms with Gasteiger partial charge in [-0.25, -0.2) is 9.97 Å². The van der Waals surface area contributed by atoms with E-state index < -0.39 is 0 Å². The molecule has 7 heteroatoms. The van der Waals surface area contributed by atoms with Gasteiger partial charge in [-0.05, 0) is 56.6 Å². The zero-order chi connectivity index (χ0) is 19.5. The molecule has 2 bridgehead atoms. The van der Waals surface area contributed by atoms with Gasteiger partial charge in [0, 0.05) is 28.2 Å². The van der Waals surface area contributed by atoms with E-state index in [0.29, 0.717) is 23.7 Å². The van der Waals surface area contributed by atoms with E-state index in [2.05, 4.69) is 61.4 Å². The summed E-state index contributed by atoms with van der Waals surface area (Å²) in [4.78, 5) is 11.1. The summed E-state index contributed by atoms with van der Waals surface area (Å²) in [6, 6.07) is 9.70. The maximum atomic E-state index is 10.3. The van der Waals surface area contributed by atoms with E-state index in [9.17, 15) is 5.11 Å². The van der Waals surface area contributed by atoms with Crippen LogP contribution in [0.5, 0.6) is 11.5 Å². The quantitative estimate of drug-likeness (QED) is 0.519. The molecule has 0 spiro atoms. The van der Waals surface area contributed by atoms with Crippen molar-refractivity contribution < 1.29 is 9.84 Å². The third kappa shape index (κ3) is 4.20. The summed E-state index contributed by atoms with van der Waals surface area (Å²) >= 11 is 3.57. The van der Waals surface area contributed by atoms with Crippen molar-refractivity contribution in [2.24, 2.45) is 0 Å². The van der Waals surface area contributed by atoms with Crippen molar-refractivity contribution in [1.82, 2.24) is 14.9 Å². The molecule has 2 heterocycles. The van der Waals surface area contributed by atoms with Gasteiger partial charge in [-0.1, -0.05) is 22.0 Å². The van der Waals surface area contributed by atoms with E-state index in [1.54, 1.807) is 6.07 Å². The second kappa shape index (κ2) is 8.32. The number of anilines is 2. The van der Waals surface area contributed by atoms with Crippen LogP contribution >= 0.6 is 15.9 Å². The molecule has 0 saturated heterocycles. The van der Waals surface area contributed by atoms with Gasteiger partial charge in [0.25, 0.3) is 0 Å². The van der Waals surface area contributed by atoms with Gasteiger partial charge in [0.2, 0.25) is 0 Å². The Balaban J connectivity index is 1.81. The van der Waals surface area contributed by atoms with Crippen molar-refractivity contribution in [3.05, 3.63) is 46.7 Å². The molecule has 6 nitrogen and oxygen atoms in total. The molecule has 1 aromatic heterocycles. The molecule has 0 saturated carbocycles. The van der Waals surface area contributed by atoms with Crippen LogP contribution in [0.15, 0.2) is 41.1 Å². The van der Waals surface area contributed by atoms with Crippen LogP contribution in [-0.2, 0) is 6.54 Å². The standard InChI is InChI=1S/C21H23BrN4O2/c1-26-7-3-2-4-8-28-20-10-16-18(11-19(20)27)23-13-24-21(16)25-17-9-15(22)6-5-14(17)12-26/h5-6,9-11,13,27H,2-4,7-8,12H2,1H3,(H,23,24,25). The Hall–Kier alpha value is -2.38. The lowest BCUT2D eigenvalue weighted by Crippen LogP contribution is -2.20. The van der Waals surface area contributed by atoms with Gasteiger partial charge >= 0.3 is 0 Å². The summed E-state index contributed by atoms with van der Waals surface area (Å²) < 4.78 is 6.83. The topological polar surface area (TPSA) is 70.5 Å². The number of benzene rings is 2. The number of phenolic OH excluding ortho intramolecular Hbond substituents is 1. The first kappa shape index (κ1) is 19.0. The molecule has 3 aromatic rings. The van der Waals surface area contributed by atoms with Gasteiger partial charge in [0.05, 0.1) is 12.1 Å². The molecule has 2 aromatic carbocycles. The molecule has 146 valence electrons. The zero-order valence-electron chi connectivity index (χ0n) is 15.8. The Labute approximate surface area is 172 Å². The van der Waals surface area contributed by atoms with E-state index in [-0.39, 0.29) is 5.75 Å². The summed E-state index contributed by atoms with van der Waals surface area (Å²) in [5.41, 5.74) is 2.86. The van der Waals surface area contributed by atoms with E-state index in [1.807, 2.05) is 6.07 Å². The number of rotatable bonds is 0. The number of hydrogen-bond donors (Lipinski definition) is 2. The summed E-state index contributed by atoms with van der Waals surface area (Å²) in [5.74, 6) is 1.25. The molecule has 0 unspecified atom stereocenters. The summed E-state index contributed by atoms with van der Waals surface area (Å²) in [6.45, 7) is 2.44. The van der Waals surface area contributed by atoms with Gasteiger partial charge in [-0.2, -0.15) is 0 Å². The average Bonchev–Trinajstić information content (AvgIpc) is 2.67. The number of phenols is 1. The van der Waals surface area contributed by atoms with Crippen molar-refractivity contribution in [3.8, 4) is 11.5 Å². The number of halogens is 1. The van der Waals surface area contributed by atoms with E-state index in [0.717, 1.165) is 47.9 Å². The zero-order valence-corrected chi connectivity index (χ0v) is 17.4. The number of hydrogen-bond acceptors (Lipinski definition) is 6. The van der Waals surface area contributed by atoms with Crippen LogP contribution in [0.4, 0.5) is 11.5 Å². The van der Waals surface area contributed by atoms with Gasteiger partial charge in [-0.15, -0.1) is 0 Å². The fourth-order valence-corrected chi connectivity index (χ4v) is 3.79. The first-order chi connectivity index (χ1) is 13.6. The van der Waals surface area contributed by atoms with Gasteiger partial charge < -0.3 is 20.1 Å². The molecule has 0 aliphatic carbocycles. The van der Waals surface area contributed by atoms with Crippen molar-refractivity contribution in [1.29, 1.82) is 0 Å². The molecule has 1 aliphatic heterocycles. The minimum Gasteiger partial charge on any atom is -0.504 e. The molecule has 0 fully saturated rings. The van der Waals surface area contributed by atoms with Crippen LogP contribution < -0.4 is 10.1 Å². The fraction of sp³-hybridized carbons (Fsp3) is 0.333. The van der Waals surface area contributed by atoms with E-state index >= 15 is 0 Å². The minimum atomic E-state index is 0.101. The van der Waals surface area contributed by atoms with Crippen molar-refractivity contribution >= 4 is 38.3 Å². The number of aromatic hydroxyl groups is 1. The number of aromatic nitrogens is 2. The lowest BCUT2D eigenvalue weighted by molar-refractivity contribution is 0.278. The highest BCUT2D eigenvalue weighted by Crippen LogP contribution is 2.35. The lowest BCUT2D eigenvalue weighted by Gasteiger charge is -2.20. The molecular formula is C21H23BrN4O2. The number of ether oxygens (including phenoxy) is 1. The largest absolute Gasteiger partial charge is 0.504 e. The average molecular weight is 443 g/mol. The molecule has 0 radical (unpaired) electrons. The SMILES string of the molecule is CN1CCCCCOc2cc3c(ncnc3cc2O)Nc2cc(Br)ccc2C1. The van der Waals surface area contributed by atoms with Crippen LogP contribution in [0.1, 0.15) is 24.8 Å². The van der Waals surface area contributed by atoms with Gasteiger partial charge in [0.15, 0.2) is 11.5 Å². The normalized spacial score (nSPS) is 15.9. The van der Waals surface area contributed by atoms with Crippen LogP contribution in [0.25, 0.3) is 10.9 Å². The number of nitrogens with one attached hydrogen (secondary N) is 1. The van der Waals surface area contributed by atoms with Crippen LogP contribution in [0.2, 0.25) is 0 Å². The van der Waals surface area contributed by atoms with Gasteiger partial charge in [0.1, 0.15) is 12.1 Å². The van der Waals surface area contributed by atoms with E-state index in [1.165, 1.54) is 11.9 Å². The monoisotopic (exact) mass is 442 g/mol. The second-order valence-corrected chi connectivity index (χ2v) is 8.05. The maximum Gasteiger partial charge on any atom is 0.161 e. The molecule has 2 N–H and O–H groups in total. The van der Waals surface area contributed by atoms with Crippen LogP contribution in [0.3, 0.4) is 0 Å². The third-order valence-electron chi connectivity index (χ3n) is 4.92. The van der Waals surface area contributed by atoms with Crippen LogP contribution in [0, 0.1) is 0 Å². The molecule has 1 aliphatic rings. The predicted molar refractivity (Wildman–Crippen MR) is 114 cm³/mol. The molecule has 0 amide bonds. The maximum absolute atomic E-state index is 10.3. The Morgan fingerprint density at radius 3 is 2.93 bits per heavy atom. The molecule has 28 heavy (non-hydrogen) atoms. The van der Waals surface area contributed by atoms with Gasteiger partial charge in [-0.3, -0.25) is 0 Å². The smallest absolute Gasteiger partial charge is 0.161 e.